The van der Waals surface area contributed by atoms with Gasteiger partial charge in [0, 0.05) is 46.5 Å². The molecule has 0 radical (unpaired) electrons. The molecule has 1 atom stereocenters. The maximum Gasteiger partial charge on any atom is 0.313 e. The number of hydrogen-bond acceptors (Lipinski definition) is 6. The molecular formula is C28H24ClF2N5O4. The van der Waals surface area contributed by atoms with Crippen LogP contribution in [-0.4, -0.2) is 32.3 Å². The monoisotopic (exact) mass is 567 g/mol. The van der Waals surface area contributed by atoms with Crippen molar-refractivity contribution in [1.82, 2.24) is 19.3 Å². The molecule has 0 aliphatic rings. The van der Waals surface area contributed by atoms with Gasteiger partial charge in [-0.2, -0.15) is 13.9 Å². The number of amides is 1. The maximum atomic E-state index is 13.4. The summed E-state index contributed by atoms with van der Waals surface area (Å²) in [5, 5.41) is 8.41. The fourth-order valence-electron chi connectivity index (χ4n) is 4.57. The zero-order valence-electron chi connectivity index (χ0n) is 21.7. The number of aryl methyl sites for hydroxylation is 1. The van der Waals surface area contributed by atoms with Gasteiger partial charge in [-0.3, -0.25) is 18.8 Å². The van der Waals surface area contributed by atoms with Crippen molar-refractivity contribution in [2.24, 2.45) is 7.05 Å². The van der Waals surface area contributed by atoms with E-state index in [0.29, 0.717) is 33.8 Å². The van der Waals surface area contributed by atoms with Crippen LogP contribution in [0.2, 0.25) is 5.02 Å². The first-order valence-electron chi connectivity index (χ1n) is 12.3. The van der Waals surface area contributed by atoms with Crippen molar-refractivity contribution in [3.05, 3.63) is 82.3 Å². The molecule has 0 bridgehead atoms. The summed E-state index contributed by atoms with van der Waals surface area (Å²) < 4.78 is 40.0. The highest BCUT2D eigenvalue weighted by Gasteiger charge is 2.24. The maximum absolute atomic E-state index is 13.4. The topological polar surface area (TPSA) is 104 Å². The van der Waals surface area contributed by atoms with E-state index >= 15 is 0 Å². The largest absolute Gasteiger partial charge is 0.495 e. The third kappa shape index (κ3) is 5.20. The van der Waals surface area contributed by atoms with Gasteiger partial charge in [-0.1, -0.05) is 18.5 Å². The fraction of sp³-hybridized carbons (Fsp3) is 0.214. The Balaban J connectivity index is 1.52. The Morgan fingerprint density at radius 2 is 1.93 bits per heavy atom. The van der Waals surface area contributed by atoms with Gasteiger partial charge >= 0.3 is 6.43 Å². The normalized spacial score (nSPS) is 12.2. The van der Waals surface area contributed by atoms with Gasteiger partial charge in [-0.05, 0) is 48.4 Å². The first-order chi connectivity index (χ1) is 19.2. The van der Waals surface area contributed by atoms with Crippen LogP contribution >= 0.6 is 11.6 Å². The molecule has 206 valence electrons. The Labute approximate surface area is 232 Å². The molecule has 0 saturated carbocycles. The number of halogens is 3. The average Bonchev–Trinajstić information content (AvgIpc) is 3.56. The highest BCUT2D eigenvalue weighted by atomic mass is 35.5. The second-order valence-corrected chi connectivity index (χ2v) is 9.48. The molecule has 12 heteroatoms. The summed E-state index contributed by atoms with van der Waals surface area (Å²) in [7, 11) is 3.23. The molecule has 2 aromatic carbocycles. The Kier molecular flexibility index (Phi) is 7.40. The smallest absolute Gasteiger partial charge is 0.313 e. The highest BCUT2D eigenvalue weighted by molar-refractivity contribution is 6.31. The molecule has 0 saturated heterocycles. The van der Waals surface area contributed by atoms with E-state index in [2.05, 4.69) is 15.4 Å². The lowest BCUT2D eigenvalue weighted by Gasteiger charge is -2.20. The van der Waals surface area contributed by atoms with Crippen LogP contribution in [0.15, 0.2) is 70.3 Å². The number of aromatic nitrogens is 4. The van der Waals surface area contributed by atoms with Crippen LogP contribution in [0.4, 0.5) is 14.5 Å². The Hall–Kier alpha value is -4.51. The molecule has 0 spiro atoms. The van der Waals surface area contributed by atoms with E-state index in [4.69, 9.17) is 20.8 Å². The molecule has 3 aromatic heterocycles. The van der Waals surface area contributed by atoms with E-state index in [1.165, 1.54) is 30.1 Å². The predicted octanol–water partition coefficient (Wildman–Crippen LogP) is 6.25. The van der Waals surface area contributed by atoms with E-state index in [1.54, 1.807) is 41.9 Å². The second-order valence-electron chi connectivity index (χ2n) is 9.04. The van der Waals surface area contributed by atoms with Crippen LogP contribution in [0.5, 0.6) is 5.75 Å². The average molecular weight is 568 g/mol. The zero-order valence-corrected chi connectivity index (χ0v) is 22.4. The van der Waals surface area contributed by atoms with Crippen molar-refractivity contribution in [3.63, 3.8) is 0 Å². The number of fused-ring (bicyclic) bond motifs is 1. The summed E-state index contributed by atoms with van der Waals surface area (Å²) in [6.45, 7) is 1.79. The van der Waals surface area contributed by atoms with Crippen LogP contribution in [-0.2, 0) is 11.8 Å². The SMILES string of the molecule is CCC(C(=O)Nc1ccc2nn(C)cc2c1)n1cc(OC)c(-c2cc(Cl)ccc2-c2cnc(C(F)F)o2)cc1=O. The van der Waals surface area contributed by atoms with E-state index in [1.807, 2.05) is 19.3 Å². The Bertz CT molecular complexity index is 1780. The minimum absolute atomic E-state index is 0.0737. The number of benzene rings is 2. The van der Waals surface area contributed by atoms with Gasteiger partial charge in [-0.15, -0.1) is 0 Å². The number of oxazole rings is 1. The Morgan fingerprint density at radius 3 is 2.62 bits per heavy atom. The molecule has 5 rings (SSSR count). The van der Waals surface area contributed by atoms with Gasteiger partial charge in [0.1, 0.15) is 11.8 Å². The number of carbonyl (C=O) groups excluding carboxylic acids is 1. The van der Waals surface area contributed by atoms with Gasteiger partial charge in [0.2, 0.25) is 5.91 Å². The van der Waals surface area contributed by atoms with Crippen LogP contribution in [0, 0.1) is 0 Å². The van der Waals surface area contributed by atoms with Crippen molar-refractivity contribution in [3.8, 4) is 28.2 Å². The van der Waals surface area contributed by atoms with E-state index < -0.39 is 23.9 Å². The number of ether oxygens (including phenoxy) is 1. The standard InChI is InChI=1S/C28H24ClF2N5O4/c1-4-22(27(38)33-17-6-8-21-15(9-17)13-35(2)34-21)36-14-24(39-3)20(11-25(36)37)19-10-16(29)5-7-18(19)23-12-32-28(40-23)26(30)31/h5-14,22,26H,4H2,1-3H3,(H,33,38). The number of rotatable bonds is 8. The predicted molar refractivity (Wildman–Crippen MR) is 147 cm³/mol. The molecule has 0 aliphatic heterocycles. The number of carbonyl (C=O) groups is 1. The summed E-state index contributed by atoms with van der Waals surface area (Å²) in [5.74, 6) is -0.769. The van der Waals surface area contributed by atoms with Crippen molar-refractivity contribution >= 4 is 34.1 Å². The number of alkyl halides is 2. The summed E-state index contributed by atoms with van der Waals surface area (Å²) in [5.41, 5.74) is 2.02. The summed E-state index contributed by atoms with van der Waals surface area (Å²) >= 11 is 6.26. The van der Waals surface area contributed by atoms with Crippen molar-refractivity contribution in [2.75, 3.05) is 12.4 Å². The molecule has 0 fully saturated rings. The summed E-state index contributed by atoms with van der Waals surface area (Å²) in [6.07, 6.45) is 1.91. The van der Waals surface area contributed by atoms with Gasteiger partial charge < -0.3 is 14.5 Å². The zero-order chi connectivity index (χ0) is 28.6. The number of anilines is 1. The minimum Gasteiger partial charge on any atom is -0.495 e. The molecular weight excluding hydrogens is 544 g/mol. The summed E-state index contributed by atoms with van der Waals surface area (Å²) in [4.78, 5) is 30.3. The van der Waals surface area contributed by atoms with Crippen LogP contribution in [0.3, 0.4) is 0 Å². The molecule has 40 heavy (non-hydrogen) atoms. The lowest BCUT2D eigenvalue weighted by molar-refractivity contribution is -0.119. The number of methoxy groups -OCH3 is 1. The van der Waals surface area contributed by atoms with Crippen molar-refractivity contribution in [2.45, 2.75) is 25.8 Å². The van der Waals surface area contributed by atoms with E-state index in [-0.39, 0.29) is 17.4 Å². The molecule has 9 nitrogen and oxygen atoms in total. The van der Waals surface area contributed by atoms with Crippen molar-refractivity contribution < 1.29 is 22.7 Å². The van der Waals surface area contributed by atoms with Crippen LogP contribution < -0.4 is 15.6 Å². The van der Waals surface area contributed by atoms with Gasteiger partial charge in [0.15, 0.2) is 5.76 Å². The lowest BCUT2D eigenvalue weighted by atomic mass is 9.98. The Morgan fingerprint density at radius 1 is 1.12 bits per heavy atom. The van der Waals surface area contributed by atoms with Crippen LogP contribution in [0.1, 0.15) is 31.7 Å². The lowest BCUT2D eigenvalue weighted by Crippen LogP contribution is -2.32. The molecule has 0 aliphatic carbocycles. The molecule has 1 N–H and O–H groups in total. The first kappa shape index (κ1) is 27.1. The van der Waals surface area contributed by atoms with Gasteiger partial charge in [-0.25, -0.2) is 4.98 Å². The fourth-order valence-corrected chi connectivity index (χ4v) is 4.75. The van der Waals surface area contributed by atoms with E-state index in [9.17, 15) is 18.4 Å². The molecule has 1 amide bonds. The van der Waals surface area contributed by atoms with Gasteiger partial charge in [0.25, 0.3) is 11.4 Å². The number of pyridine rings is 1. The third-order valence-corrected chi connectivity index (χ3v) is 6.66. The van der Waals surface area contributed by atoms with E-state index in [0.717, 1.165) is 10.9 Å². The van der Waals surface area contributed by atoms with Crippen molar-refractivity contribution in [1.29, 1.82) is 0 Å². The molecule has 5 aromatic rings. The quantitative estimate of drug-likeness (QED) is 0.238. The number of nitrogens with zero attached hydrogens (tertiary/aromatic N) is 4. The minimum atomic E-state index is -2.88. The first-order valence-corrected chi connectivity index (χ1v) is 12.6. The second kappa shape index (κ2) is 10.9. The number of nitrogens with one attached hydrogen (secondary N) is 1. The highest BCUT2D eigenvalue weighted by Crippen LogP contribution is 2.39. The summed E-state index contributed by atoms with van der Waals surface area (Å²) in [6, 6.07) is 10.6. The number of hydrogen-bond donors (Lipinski definition) is 1. The van der Waals surface area contributed by atoms with Crippen LogP contribution in [0.25, 0.3) is 33.4 Å². The third-order valence-electron chi connectivity index (χ3n) is 6.42. The van der Waals surface area contributed by atoms with Gasteiger partial charge in [0.05, 0.1) is 25.0 Å². The molecule has 1 unspecified atom stereocenters. The molecule has 3 heterocycles.